The zero-order valence-corrected chi connectivity index (χ0v) is 14.0. The largest absolute Gasteiger partial charge is 0.336 e. The van der Waals surface area contributed by atoms with Crippen molar-refractivity contribution in [3.63, 3.8) is 0 Å². The van der Waals surface area contributed by atoms with Crippen LogP contribution in [0, 0.1) is 11.3 Å². The van der Waals surface area contributed by atoms with Crippen molar-refractivity contribution in [2.24, 2.45) is 0 Å². The Balaban J connectivity index is 2.02. The van der Waals surface area contributed by atoms with Crippen molar-refractivity contribution in [1.29, 1.82) is 5.26 Å². The monoisotopic (exact) mass is 330 g/mol. The highest BCUT2D eigenvalue weighted by atomic mass is 32.2. The van der Waals surface area contributed by atoms with Gasteiger partial charge in [0.15, 0.2) is 0 Å². The molecule has 0 aliphatic heterocycles. The first kappa shape index (κ1) is 17.2. The summed E-state index contributed by atoms with van der Waals surface area (Å²) in [6.45, 7) is 1.16. The van der Waals surface area contributed by atoms with E-state index in [2.05, 4.69) is 18.8 Å². The first-order valence-corrected chi connectivity index (χ1v) is 8.76. The molecule has 2 N–H and O–H groups in total. The number of benzene rings is 2. The minimum Gasteiger partial charge on any atom is -0.336 e. The zero-order chi connectivity index (χ0) is 16.9. The molecule has 5 nitrogen and oxygen atoms in total. The van der Waals surface area contributed by atoms with E-state index >= 15 is 0 Å². The van der Waals surface area contributed by atoms with Gasteiger partial charge in [0, 0.05) is 12.1 Å². The van der Waals surface area contributed by atoms with Crippen LogP contribution >= 0.6 is 0 Å². The second-order valence-corrected chi connectivity index (χ2v) is 7.43. The predicted octanol–water partition coefficient (Wildman–Crippen LogP) is 0.681. The molecule has 0 aliphatic rings. The van der Waals surface area contributed by atoms with Crippen LogP contribution in [0.5, 0.6) is 0 Å². The standard InChI is InChI=1S/C17H19N3O2S/c1-20(2)13-16-5-3-15(4-6-16)12-19-23(21,22)17-9-7-14(11-18)8-10-17/h3-10,19H,12-13H2,1-2H3/p+1. The van der Waals surface area contributed by atoms with Gasteiger partial charge in [-0.15, -0.1) is 0 Å². The average Bonchev–Trinajstić information content (AvgIpc) is 2.54. The molecule has 0 spiro atoms. The SMILES string of the molecule is C[NH+](C)Cc1ccc(CNS(=O)(=O)c2ccc(C#N)cc2)cc1. The number of nitrogens with zero attached hydrogens (tertiary/aromatic N) is 1. The van der Waals surface area contributed by atoms with Crippen LogP contribution in [-0.4, -0.2) is 22.5 Å². The molecule has 0 saturated carbocycles. The highest BCUT2D eigenvalue weighted by molar-refractivity contribution is 7.89. The number of sulfonamides is 1. The number of hydrogen-bond donors (Lipinski definition) is 2. The maximum absolute atomic E-state index is 12.2. The Morgan fingerprint density at radius 1 is 1.00 bits per heavy atom. The molecule has 0 amide bonds. The third-order valence-electron chi connectivity index (χ3n) is 3.34. The Hall–Kier alpha value is -2.20. The van der Waals surface area contributed by atoms with Gasteiger partial charge in [0.05, 0.1) is 30.6 Å². The summed E-state index contributed by atoms with van der Waals surface area (Å²) in [5.74, 6) is 0. The van der Waals surface area contributed by atoms with E-state index in [-0.39, 0.29) is 11.4 Å². The summed E-state index contributed by atoms with van der Waals surface area (Å²) >= 11 is 0. The normalized spacial score (nSPS) is 11.4. The van der Waals surface area contributed by atoms with Crippen molar-refractivity contribution in [2.75, 3.05) is 14.1 Å². The lowest BCUT2D eigenvalue weighted by Gasteiger charge is -2.09. The molecule has 0 heterocycles. The molecule has 0 bridgehead atoms. The minimum absolute atomic E-state index is 0.157. The molecule has 120 valence electrons. The lowest BCUT2D eigenvalue weighted by Crippen LogP contribution is -3.04. The third kappa shape index (κ3) is 4.89. The fraction of sp³-hybridized carbons (Fsp3) is 0.235. The molecule has 0 unspecified atom stereocenters. The van der Waals surface area contributed by atoms with E-state index in [0.717, 1.165) is 12.1 Å². The molecule has 0 aliphatic carbocycles. The lowest BCUT2D eigenvalue weighted by molar-refractivity contribution is -0.872. The molecule has 0 aromatic heterocycles. The minimum atomic E-state index is -3.58. The van der Waals surface area contributed by atoms with Crippen molar-refractivity contribution in [3.8, 4) is 6.07 Å². The Kier molecular flexibility index (Phi) is 5.50. The van der Waals surface area contributed by atoms with Gasteiger partial charge in [-0.05, 0) is 29.8 Å². The van der Waals surface area contributed by atoms with E-state index in [1.807, 2.05) is 30.3 Å². The van der Waals surface area contributed by atoms with Gasteiger partial charge in [-0.2, -0.15) is 5.26 Å². The van der Waals surface area contributed by atoms with Gasteiger partial charge in [-0.1, -0.05) is 24.3 Å². The van der Waals surface area contributed by atoms with E-state index in [9.17, 15) is 8.42 Å². The molecule has 0 radical (unpaired) electrons. The predicted molar refractivity (Wildman–Crippen MR) is 88.1 cm³/mol. The molecule has 2 aromatic rings. The lowest BCUT2D eigenvalue weighted by atomic mass is 10.1. The van der Waals surface area contributed by atoms with Crippen molar-refractivity contribution in [3.05, 3.63) is 65.2 Å². The second kappa shape index (κ2) is 7.38. The number of nitriles is 1. The van der Waals surface area contributed by atoms with E-state index in [4.69, 9.17) is 5.26 Å². The van der Waals surface area contributed by atoms with Crippen LogP contribution in [0.25, 0.3) is 0 Å². The van der Waals surface area contributed by atoms with Gasteiger partial charge in [0.1, 0.15) is 6.54 Å². The van der Waals surface area contributed by atoms with E-state index in [1.165, 1.54) is 34.7 Å². The summed E-state index contributed by atoms with van der Waals surface area (Å²) in [6.07, 6.45) is 0. The Morgan fingerprint density at radius 3 is 2.09 bits per heavy atom. The van der Waals surface area contributed by atoms with Crippen LogP contribution in [-0.2, 0) is 23.1 Å². The summed E-state index contributed by atoms with van der Waals surface area (Å²) in [4.78, 5) is 1.49. The van der Waals surface area contributed by atoms with Gasteiger partial charge in [0.25, 0.3) is 0 Å². The Bertz CT molecular complexity index is 789. The first-order valence-electron chi connectivity index (χ1n) is 7.27. The van der Waals surface area contributed by atoms with Gasteiger partial charge < -0.3 is 4.90 Å². The van der Waals surface area contributed by atoms with Crippen molar-refractivity contribution in [2.45, 2.75) is 18.0 Å². The average molecular weight is 330 g/mol. The maximum atomic E-state index is 12.2. The van der Waals surface area contributed by atoms with E-state index in [0.29, 0.717) is 5.56 Å². The fourth-order valence-electron chi connectivity index (χ4n) is 2.15. The van der Waals surface area contributed by atoms with Crippen LogP contribution in [0.1, 0.15) is 16.7 Å². The molecular weight excluding hydrogens is 310 g/mol. The quantitative estimate of drug-likeness (QED) is 0.818. The van der Waals surface area contributed by atoms with E-state index < -0.39 is 10.0 Å². The van der Waals surface area contributed by atoms with Crippen molar-refractivity contribution >= 4 is 10.0 Å². The van der Waals surface area contributed by atoms with Crippen LogP contribution in [0.3, 0.4) is 0 Å². The number of hydrogen-bond acceptors (Lipinski definition) is 3. The summed E-state index contributed by atoms with van der Waals surface area (Å²) in [7, 11) is 0.590. The Labute approximate surface area is 137 Å². The third-order valence-corrected chi connectivity index (χ3v) is 4.76. The molecule has 2 rings (SSSR count). The molecule has 0 fully saturated rings. The van der Waals surface area contributed by atoms with E-state index in [1.54, 1.807) is 0 Å². The summed E-state index contributed by atoms with van der Waals surface area (Å²) in [6, 6.07) is 15.7. The highest BCUT2D eigenvalue weighted by Gasteiger charge is 2.13. The molecule has 23 heavy (non-hydrogen) atoms. The number of nitrogens with one attached hydrogen (secondary N) is 2. The topological polar surface area (TPSA) is 74.4 Å². The fourth-order valence-corrected chi connectivity index (χ4v) is 3.17. The van der Waals surface area contributed by atoms with Crippen LogP contribution in [0.2, 0.25) is 0 Å². The zero-order valence-electron chi connectivity index (χ0n) is 13.2. The Morgan fingerprint density at radius 2 is 1.57 bits per heavy atom. The molecule has 0 atom stereocenters. The molecule has 6 heteroatoms. The molecular formula is C17H20N3O2S+. The van der Waals surface area contributed by atoms with Crippen molar-refractivity contribution in [1.82, 2.24) is 4.72 Å². The highest BCUT2D eigenvalue weighted by Crippen LogP contribution is 2.11. The second-order valence-electron chi connectivity index (χ2n) is 5.66. The van der Waals surface area contributed by atoms with Crippen LogP contribution in [0.15, 0.2) is 53.4 Å². The van der Waals surface area contributed by atoms with Gasteiger partial charge in [-0.3, -0.25) is 0 Å². The number of rotatable bonds is 6. The summed E-state index contributed by atoms with van der Waals surface area (Å²) in [5.41, 5.74) is 2.55. The molecule has 2 aromatic carbocycles. The number of quaternary nitrogens is 1. The molecule has 0 saturated heterocycles. The van der Waals surface area contributed by atoms with Crippen molar-refractivity contribution < 1.29 is 13.3 Å². The summed E-state index contributed by atoms with van der Waals surface area (Å²) < 4.78 is 27.0. The smallest absolute Gasteiger partial charge is 0.240 e. The summed E-state index contributed by atoms with van der Waals surface area (Å²) in [5, 5.41) is 8.74. The van der Waals surface area contributed by atoms with Crippen LogP contribution < -0.4 is 9.62 Å². The van der Waals surface area contributed by atoms with Gasteiger partial charge in [-0.25, -0.2) is 13.1 Å². The maximum Gasteiger partial charge on any atom is 0.240 e. The first-order chi connectivity index (χ1) is 10.9. The van der Waals surface area contributed by atoms with Gasteiger partial charge >= 0.3 is 0 Å². The van der Waals surface area contributed by atoms with Gasteiger partial charge in [0.2, 0.25) is 10.0 Å². The van der Waals surface area contributed by atoms with Crippen LogP contribution in [0.4, 0.5) is 0 Å².